The lowest BCUT2D eigenvalue weighted by atomic mass is 9.85. The van der Waals surface area contributed by atoms with Gasteiger partial charge in [0.1, 0.15) is 0 Å². The molecule has 0 aromatic carbocycles. The van der Waals surface area contributed by atoms with E-state index >= 15 is 0 Å². The van der Waals surface area contributed by atoms with Gasteiger partial charge in [-0.3, -0.25) is 4.98 Å². The largest absolute Gasteiger partial charge is 0.382 e. The van der Waals surface area contributed by atoms with E-state index in [0.717, 1.165) is 35.6 Å². The summed E-state index contributed by atoms with van der Waals surface area (Å²) in [5.74, 6) is 0.364. The van der Waals surface area contributed by atoms with Crippen LogP contribution in [0.4, 0.5) is 17.1 Å². The number of nitrogens with one attached hydrogen (secondary N) is 3. The second-order valence-electron chi connectivity index (χ2n) is 8.36. The van der Waals surface area contributed by atoms with Gasteiger partial charge in [0.15, 0.2) is 18.9 Å². The van der Waals surface area contributed by atoms with Crippen molar-refractivity contribution in [2.24, 2.45) is 0 Å². The number of pyridine rings is 1. The summed E-state index contributed by atoms with van der Waals surface area (Å²) < 4.78 is 14.9. The van der Waals surface area contributed by atoms with Crippen LogP contribution < -0.4 is 16.0 Å². The fraction of sp³-hybridized carbons (Fsp3) is 0.783. The van der Waals surface area contributed by atoms with Crippen molar-refractivity contribution in [3.8, 4) is 0 Å². The van der Waals surface area contributed by atoms with Gasteiger partial charge < -0.3 is 45.5 Å². The van der Waals surface area contributed by atoms with E-state index in [1.807, 2.05) is 6.20 Å². The molecule has 33 heavy (non-hydrogen) atoms. The van der Waals surface area contributed by atoms with Crippen molar-refractivity contribution in [1.29, 1.82) is 0 Å². The highest BCUT2D eigenvalue weighted by atomic mass is 16.6. The first-order valence-electron chi connectivity index (χ1n) is 11.9. The average Bonchev–Trinajstić information content (AvgIpc) is 2.85. The van der Waals surface area contributed by atoms with Crippen LogP contribution in [0.1, 0.15) is 63.0 Å². The van der Waals surface area contributed by atoms with Crippen molar-refractivity contribution in [1.82, 2.24) is 4.98 Å². The molecule has 1 saturated carbocycles. The molecule has 6 N–H and O–H groups in total. The lowest BCUT2D eigenvalue weighted by molar-refractivity contribution is -0.0761. The van der Waals surface area contributed by atoms with Gasteiger partial charge in [-0.15, -0.1) is 0 Å². The van der Waals surface area contributed by atoms with Gasteiger partial charge in [0.05, 0.1) is 29.0 Å². The van der Waals surface area contributed by atoms with Crippen LogP contribution in [0.3, 0.4) is 0 Å². The number of hydrogen-bond donors (Lipinski definition) is 6. The Morgan fingerprint density at radius 2 is 1.27 bits per heavy atom. The number of anilines is 3. The van der Waals surface area contributed by atoms with Crippen LogP contribution in [-0.4, -0.2) is 80.1 Å². The molecule has 0 bridgehead atoms. The van der Waals surface area contributed by atoms with Gasteiger partial charge in [0, 0.05) is 66.1 Å². The number of aliphatic hydroxyl groups is 3. The van der Waals surface area contributed by atoms with Crippen molar-refractivity contribution in [3.05, 3.63) is 11.9 Å². The van der Waals surface area contributed by atoms with Crippen LogP contribution >= 0.6 is 0 Å². The van der Waals surface area contributed by atoms with Crippen molar-refractivity contribution in [3.63, 3.8) is 0 Å². The Labute approximate surface area is 197 Å². The zero-order chi connectivity index (χ0) is 24.1. The second kappa shape index (κ2) is 15.3. The van der Waals surface area contributed by atoms with E-state index in [9.17, 15) is 15.3 Å². The van der Waals surface area contributed by atoms with E-state index in [1.54, 1.807) is 0 Å². The van der Waals surface area contributed by atoms with E-state index in [1.165, 1.54) is 40.6 Å². The molecule has 0 aliphatic heterocycles. The first-order chi connectivity index (χ1) is 16.0. The SMILES string of the molecule is COC(O)CCNc1cnc(C2CCCCC2)c(NCCC(O)OC)c1NCCC(O)OC. The number of ether oxygens (including phenoxy) is 3. The second-order valence-corrected chi connectivity index (χ2v) is 8.36. The summed E-state index contributed by atoms with van der Waals surface area (Å²) >= 11 is 0. The third kappa shape index (κ3) is 9.23. The van der Waals surface area contributed by atoms with E-state index in [4.69, 9.17) is 19.2 Å². The molecule has 0 radical (unpaired) electrons. The van der Waals surface area contributed by atoms with Crippen molar-refractivity contribution >= 4 is 17.1 Å². The quantitative estimate of drug-likeness (QED) is 0.200. The first-order valence-corrected chi connectivity index (χ1v) is 11.9. The maximum absolute atomic E-state index is 9.82. The molecular weight excluding hydrogens is 428 g/mol. The Hall–Kier alpha value is -1.69. The summed E-state index contributed by atoms with van der Waals surface area (Å²) in [6.45, 7) is 1.50. The van der Waals surface area contributed by atoms with Gasteiger partial charge in [-0.1, -0.05) is 19.3 Å². The van der Waals surface area contributed by atoms with E-state index in [0.29, 0.717) is 44.8 Å². The standard InChI is InChI=1S/C23H42N4O6/c1-31-18(28)9-12-24-17-15-27-21(16-7-5-4-6-8-16)23(26-14-11-20(30)33-3)22(17)25-13-10-19(29)32-2/h15-16,18-20,24,26,28-30H,4-14H2,1-3H3,(H,25,27). The number of nitrogens with zero attached hydrogens (tertiary/aromatic N) is 1. The molecule has 1 aliphatic rings. The molecule has 0 amide bonds. The Morgan fingerprint density at radius 3 is 1.79 bits per heavy atom. The lowest BCUT2D eigenvalue weighted by Gasteiger charge is -2.27. The highest BCUT2D eigenvalue weighted by Crippen LogP contribution is 2.41. The molecule has 2 rings (SSSR count). The average molecular weight is 471 g/mol. The van der Waals surface area contributed by atoms with E-state index < -0.39 is 18.9 Å². The summed E-state index contributed by atoms with van der Waals surface area (Å²) in [7, 11) is 4.42. The van der Waals surface area contributed by atoms with Crippen LogP contribution in [0.5, 0.6) is 0 Å². The highest BCUT2D eigenvalue weighted by molar-refractivity contribution is 5.84. The van der Waals surface area contributed by atoms with E-state index in [-0.39, 0.29) is 0 Å². The van der Waals surface area contributed by atoms with Gasteiger partial charge in [-0.05, 0) is 12.8 Å². The van der Waals surface area contributed by atoms with Gasteiger partial charge in [0.25, 0.3) is 0 Å². The Kier molecular flexibility index (Phi) is 12.7. The number of aromatic nitrogens is 1. The first kappa shape index (κ1) is 27.6. The lowest BCUT2D eigenvalue weighted by Crippen LogP contribution is -2.21. The topological polar surface area (TPSA) is 137 Å². The van der Waals surface area contributed by atoms with Gasteiger partial charge in [0.2, 0.25) is 0 Å². The van der Waals surface area contributed by atoms with Crippen molar-refractivity contribution < 1.29 is 29.5 Å². The summed E-state index contributed by atoms with van der Waals surface area (Å²) in [4.78, 5) is 4.83. The minimum Gasteiger partial charge on any atom is -0.382 e. The molecule has 0 spiro atoms. The van der Waals surface area contributed by atoms with Gasteiger partial charge >= 0.3 is 0 Å². The number of methoxy groups -OCH3 is 3. The zero-order valence-corrected chi connectivity index (χ0v) is 20.2. The molecule has 10 heteroatoms. The molecule has 1 heterocycles. The molecule has 1 aromatic rings. The summed E-state index contributed by atoms with van der Waals surface area (Å²) in [5, 5.41) is 39.6. The minimum absolute atomic E-state index is 0.364. The molecule has 3 unspecified atom stereocenters. The third-order valence-corrected chi connectivity index (χ3v) is 6.01. The van der Waals surface area contributed by atoms with Crippen LogP contribution in [0.25, 0.3) is 0 Å². The molecule has 10 nitrogen and oxygen atoms in total. The van der Waals surface area contributed by atoms with Crippen LogP contribution in [0, 0.1) is 0 Å². The maximum atomic E-state index is 9.82. The van der Waals surface area contributed by atoms with Crippen LogP contribution in [-0.2, 0) is 14.2 Å². The predicted molar refractivity (Wildman–Crippen MR) is 128 cm³/mol. The fourth-order valence-electron chi connectivity index (χ4n) is 4.03. The summed E-state index contributed by atoms with van der Waals surface area (Å²) in [6, 6.07) is 0. The number of hydrogen-bond acceptors (Lipinski definition) is 10. The number of aliphatic hydroxyl groups excluding tert-OH is 3. The van der Waals surface area contributed by atoms with Crippen LogP contribution in [0.15, 0.2) is 6.20 Å². The normalized spacial score (nSPS) is 17.4. The predicted octanol–water partition coefficient (Wildman–Crippen LogP) is 2.43. The monoisotopic (exact) mass is 470 g/mol. The van der Waals surface area contributed by atoms with Gasteiger partial charge in [-0.25, -0.2) is 0 Å². The highest BCUT2D eigenvalue weighted by Gasteiger charge is 2.24. The molecular formula is C23H42N4O6. The molecule has 1 aliphatic carbocycles. The summed E-state index contributed by atoms with van der Waals surface area (Å²) in [5.41, 5.74) is 3.56. The minimum atomic E-state index is -0.848. The summed E-state index contributed by atoms with van der Waals surface area (Å²) in [6.07, 6.45) is 6.38. The van der Waals surface area contributed by atoms with Crippen molar-refractivity contribution in [2.45, 2.75) is 76.2 Å². The fourth-order valence-corrected chi connectivity index (χ4v) is 4.03. The van der Waals surface area contributed by atoms with Crippen molar-refractivity contribution in [2.75, 3.05) is 56.9 Å². The zero-order valence-electron chi connectivity index (χ0n) is 20.2. The number of rotatable bonds is 16. The Balaban J connectivity index is 2.30. The maximum Gasteiger partial charge on any atom is 0.155 e. The van der Waals surface area contributed by atoms with Gasteiger partial charge in [-0.2, -0.15) is 0 Å². The van der Waals surface area contributed by atoms with E-state index in [2.05, 4.69) is 16.0 Å². The van der Waals surface area contributed by atoms with Crippen LogP contribution in [0.2, 0.25) is 0 Å². The smallest absolute Gasteiger partial charge is 0.155 e. The molecule has 1 fully saturated rings. The third-order valence-electron chi connectivity index (χ3n) is 6.01. The molecule has 0 saturated heterocycles. The molecule has 3 atom stereocenters. The molecule has 1 aromatic heterocycles. The molecule has 190 valence electrons. The Morgan fingerprint density at radius 1 is 0.788 bits per heavy atom. The Bertz CT molecular complexity index is 675.